The molecule has 23 heavy (non-hydrogen) atoms. The lowest BCUT2D eigenvalue weighted by Gasteiger charge is -2.33. The fourth-order valence-electron chi connectivity index (χ4n) is 3.06. The molecule has 2 aliphatic heterocycles. The number of nitrogens with zero attached hydrogens (tertiary/aromatic N) is 1. The highest BCUT2D eigenvalue weighted by Crippen LogP contribution is 2.28. The van der Waals surface area contributed by atoms with Crippen molar-refractivity contribution in [1.29, 1.82) is 0 Å². The first-order chi connectivity index (χ1) is 11.2. The number of hydrogen-bond acceptors (Lipinski definition) is 4. The van der Waals surface area contributed by atoms with Crippen molar-refractivity contribution in [3.8, 4) is 0 Å². The molecular weight excluding hydrogens is 360 g/mol. The van der Waals surface area contributed by atoms with Crippen molar-refractivity contribution in [3.63, 3.8) is 0 Å². The van der Waals surface area contributed by atoms with Crippen LogP contribution in [-0.2, 0) is 14.3 Å². The van der Waals surface area contributed by atoms with Gasteiger partial charge in [-0.25, -0.2) is 0 Å². The van der Waals surface area contributed by atoms with Crippen LogP contribution in [0.15, 0.2) is 28.7 Å². The number of nitrogens with one attached hydrogen (secondary N) is 1. The molecule has 1 aromatic rings. The highest BCUT2D eigenvalue weighted by molar-refractivity contribution is 9.10. The summed E-state index contributed by atoms with van der Waals surface area (Å²) in [6.45, 7) is 3.79. The average Bonchev–Trinajstić information content (AvgIpc) is 3.09. The summed E-state index contributed by atoms with van der Waals surface area (Å²) < 4.78 is 12.4. The number of benzene rings is 1. The fourth-order valence-corrected chi connectivity index (χ4v) is 3.60. The van der Waals surface area contributed by atoms with Gasteiger partial charge < -0.3 is 19.7 Å². The standard InChI is InChI=1S/C17H23BrN2O3/c18-15-6-2-1-5-14(15)16-12-20(7-9-23-16)17(21)11-19-10-13-4-3-8-22-13/h1-2,5-6,13,16,19H,3-4,7-12H2/t13-,16-/m0/s1. The summed E-state index contributed by atoms with van der Waals surface area (Å²) in [5.41, 5.74) is 1.09. The third-order valence-electron chi connectivity index (χ3n) is 4.34. The highest BCUT2D eigenvalue weighted by atomic mass is 79.9. The number of morpholine rings is 1. The van der Waals surface area contributed by atoms with E-state index < -0.39 is 0 Å². The molecule has 1 amide bonds. The van der Waals surface area contributed by atoms with Crippen molar-refractivity contribution in [1.82, 2.24) is 10.2 Å². The molecule has 2 aliphatic rings. The predicted molar refractivity (Wildman–Crippen MR) is 91.3 cm³/mol. The van der Waals surface area contributed by atoms with Crippen molar-refractivity contribution in [3.05, 3.63) is 34.3 Å². The second-order valence-corrected chi connectivity index (χ2v) is 6.84. The zero-order valence-corrected chi connectivity index (χ0v) is 14.8. The van der Waals surface area contributed by atoms with Gasteiger partial charge in [0.2, 0.25) is 5.91 Å². The van der Waals surface area contributed by atoms with E-state index in [-0.39, 0.29) is 18.1 Å². The number of amides is 1. The van der Waals surface area contributed by atoms with Gasteiger partial charge in [0.1, 0.15) is 6.10 Å². The second kappa shape index (κ2) is 8.24. The molecule has 5 nitrogen and oxygen atoms in total. The molecule has 0 aromatic heterocycles. The number of halogens is 1. The summed E-state index contributed by atoms with van der Waals surface area (Å²) in [7, 11) is 0. The Morgan fingerprint density at radius 1 is 1.30 bits per heavy atom. The number of ether oxygens (including phenoxy) is 2. The van der Waals surface area contributed by atoms with Crippen LogP contribution in [0.3, 0.4) is 0 Å². The van der Waals surface area contributed by atoms with E-state index in [0.717, 1.165) is 36.0 Å². The molecule has 0 unspecified atom stereocenters. The summed E-state index contributed by atoms with van der Waals surface area (Å²) in [6.07, 6.45) is 2.40. The average molecular weight is 383 g/mol. The Kier molecular flexibility index (Phi) is 6.05. The van der Waals surface area contributed by atoms with E-state index in [4.69, 9.17) is 9.47 Å². The molecule has 3 rings (SSSR count). The van der Waals surface area contributed by atoms with Gasteiger partial charge in [-0.1, -0.05) is 34.1 Å². The van der Waals surface area contributed by atoms with Gasteiger partial charge in [0.25, 0.3) is 0 Å². The van der Waals surface area contributed by atoms with Crippen molar-refractivity contribution >= 4 is 21.8 Å². The zero-order chi connectivity index (χ0) is 16.1. The summed E-state index contributed by atoms with van der Waals surface area (Å²) in [5, 5.41) is 3.22. The summed E-state index contributed by atoms with van der Waals surface area (Å²) in [5.74, 6) is 0.128. The Bertz CT molecular complexity index is 534. The third kappa shape index (κ3) is 4.53. The minimum absolute atomic E-state index is 0.0681. The van der Waals surface area contributed by atoms with Gasteiger partial charge in [0, 0.05) is 24.2 Å². The van der Waals surface area contributed by atoms with E-state index in [1.807, 2.05) is 29.2 Å². The maximum atomic E-state index is 12.4. The normalized spacial score (nSPS) is 24.8. The number of hydrogen-bond donors (Lipinski definition) is 1. The number of rotatable bonds is 5. The largest absolute Gasteiger partial charge is 0.377 e. The van der Waals surface area contributed by atoms with Crippen LogP contribution < -0.4 is 5.32 Å². The summed E-state index contributed by atoms with van der Waals surface area (Å²) in [4.78, 5) is 14.3. The Balaban J connectivity index is 1.49. The van der Waals surface area contributed by atoms with Crippen LogP contribution in [0.4, 0.5) is 0 Å². The minimum Gasteiger partial charge on any atom is -0.377 e. The summed E-state index contributed by atoms with van der Waals surface area (Å²) >= 11 is 3.56. The molecule has 2 heterocycles. The van der Waals surface area contributed by atoms with E-state index in [1.165, 1.54) is 0 Å². The Labute approximate surface area is 145 Å². The quantitative estimate of drug-likeness (QED) is 0.847. The highest BCUT2D eigenvalue weighted by Gasteiger charge is 2.26. The molecule has 1 aromatic carbocycles. The monoisotopic (exact) mass is 382 g/mol. The SMILES string of the molecule is O=C(CNC[C@@H]1CCCO1)N1CCO[C@H](c2ccccc2Br)C1. The van der Waals surface area contributed by atoms with Gasteiger partial charge in [-0.15, -0.1) is 0 Å². The Morgan fingerprint density at radius 2 is 2.17 bits per heavy atom. The van der Waals surface area contributed by atoms with Crippen LogP contribution in [0.2, 0.25) is 0 Å². The van der Waals surface area contributed by atoms with Crippen LogP contribution >= 0.6 is 15.9 Å². The van der Waals surface area contributed by atoms with Gasteiger partial charge in [0.15, 0.2) is 0 Å². The molecule has 0 spiro atoms. The molecule has 2 fully saturated rings. The molecule has 0 bridgehead atoms. The van der Waals surface area contributed by atoms with E-state index >= 15 is 0 Å². The molecule has 0 saturated carbocycles. The van der Waals surface area contributed by atoms with Gasteiger partial charge in [-0.2, -0.15) is 0 Å². The van der Waals surface area contributed by atoms with Gasteiger partial charge in [0.05, 0.1) is 25.8 Å². The van der Waals surface area contributed by atoms with Crippen LogP contribution in [0, 0.1) is 0 Å². The lowest BCUT2D eigenvalue weighted by atomic mass is 10.1. The molecule has 2 saturated heterocycles. The van der Waals surface area contributed by atoms with Gasteiger partial charge in [-0.3, -0.25) is 4.79 Å². The van der Waals surface area contributed by atoms with Crippen LogP contribution in [0.25, 0.3) is 0 Å². The summed E-state index contributed by atoms with van der Waals surface area (Å²) in [6, 6.07) is 8.02. The number of carbonyl (C=O) groups excluding carboxylic acids is 1. The molecular formula is C17H23BrN2O3. The van der Waals surface area contributed by atoms with E-state index in [0.29, 0.717) is 26.2 Å². The van der Waals surface area contributed by atoms with Crippen molar-refractivity contribution in [2.45, 2.75) is 25.0 Å². The van der Waals surface area contributed by atoms with Gasteiger partial charge >= 0.3 is 0 Å². The first kappa shape index (κ1) is 16.9. The van der Waals surface area contributed by atoms with Crippen LogP contribution in [-0.4, -0.2) is 56.3 Å². The topological polar surface area (TPSA) is 50.8 Å². The molecule has 6 heteroatoms. The number of carbonyl (C=O) groups is 1. The molecule has 0 aliphatic carbocycles. The van der Waals surface area contributed by atoms with Crippen LogP contribution in [0.1, 0.15) is 24.5 Å². The maximum absolute atomic E-state index is 12.4. The first-order valence-electron chi connectivity index (χ1n) is 8.20. The Hall–Kier alpha value is -0.950. The first-order valence-corrected chi connectivity index (χ1v) is 8.99. The predicted octanol–water partition coefficient (Wildman–Crippen LogP) is 2.12. The van der Waals surface area contributed by atoms with E-state index in [2.05, 4.69) is 21.2 Å². The Morgan fingerprint density at radius 3 is 2.96 bits per heavy atom. The van der Waals surface area contributed by atoms with Gasteiger partial charge in [-0.05, 0) is 24.5 Å². The van der Waals surface area contributed by atoms with Crippen LogP contribution in [0.5, 0.6) is 0 Å². The van der Waals surface area contributed by atoms with Crippen molar-refractivity contribution < 1.29 is 14.3 Å². The fraction of sp³-hybridized carbons (Fsp3) is 0.588. The van der Waals surface area contributed by atoms with Crippen molar-refractivity contribution in [2.24, 2.45) is 0 Å². The minimum atomic E-state index is -0.0681. The smallest absolute Gasteiger partial charge is 0.236 e. The molecule has 1 N–H and O–H groups in total. The molecule has 0 radical (unpaired) electrons. The third-order valence-corrected chi connectivity index (χ3v) is 5.07. The maximum Gasteiger partial charge on any atom is 0.236 e. The lowest BCUT2D eigenvalue weighted by molar-refractivity contribution is -0.138. The molecule has 126 valence electrons. The van der Waals surface area contributed by atoms with Crippen molar-refractivity contribution in [2.75, 3.05) is 39.4 Å². The zero-order valence-electron chi connectivity index (χ0n) is 13.2. The molecule has 2 atom stereocenters. The van der Waals surface area contributed by atoms with E-state index in [9.17, 15) is 4.79 Å². The lowest BCUT2D eigenvalue weighted by Crippen LogP contribution is -2.46. The van der Waals surface area contributed by atoms with E-state index in [1.54, 1.807) is 0 Å². The second-order valence-electron chi connectivity index (χ2n) is 5.99.